The number of likely N-dealkylation sites (N-methyl/N-ethyl adjacent to an activating group) is 1. The number of hydrogen-bond donors (Lipinski definition) is 1. The van der Waals surface area contributed by atoms with Crippen LogP contribution in [0.3, 0.4) is 0 Å². The SMILES string of the molecule is CN1CCC(OC(=O)C(OCCOCc2ccccc2)(c2ccccc2)c2ccc[nH]2)C1. The molecular weight excluding hydrogens is 404 g/mol. The van der Waals surface area contributed by atoms with E-state index in [9.17, 15) is 4.79 Å². The maximum Gasteiger partial charge on any atom is 0.349 e. The molecule has 0 amide bonds. The van der Waals surface area contributed by atoms with Gasteiger partial charge < -0.3 is 24.1 Å². The fourth-order valence-corrected chi connectivity index (χ4v) is 4.07. The summed E-state index contributed by atoms with van der Waals surface area (Å²) in [7, 11) is 2.03. The van der Waals surface area contributed by atoms with E-state index in [1.54, 1.807) is 6.20 Å². The van der Waals surface area contributed by atoms with E-state index >= 15 is 0 Å². The highest BCUT2D eigenvalue weighted by molar-refractivity contribution is 5.85. The Kier molecular flexibility index (Phi) is 7.37. The Morgan fingerprint density at radius 2 is 1.78 bits per heavy atom. The van der Waals surface area contributed by atoms with Gasteiger partial charge in [-0.25, -0.2) is 4.79 Å². The third-order valence-corrected chi connectivity index (χ3v) is 5.72. The van der Waals surface area contributed by atoms with Crippen molar-refractivity contribution in [2.45, 2.75) is 24.7 Å². The average molecular weight is 435 g/mol. The first-order chi connectivity index (χ1) is 15.7. The Morgan fingerprint density at radius 1 is 1.03 bits per heavy atom. The number of hydrogen-bond acceptors (Lipinski definition) is 5. The molecule has 32 heavy (non-hydrogen) atoms. The van der Waals surface area contributed by atoms with Gasteiger partial charge in [0.25, 0.3) is 0 Å². The lowest BCUT2D eigenvalue weighted by molar-refractivity contribution is -0.175. The molecule has 2 heterocycles. The van der Waals surface area contributed by atoms with Crippen LogP contribution in [0.2, 0.25) is 0 Å². The van der Waals surface area contributed by atoms with Crippen molar-refractivity contribution in [3.8, 4) is 0 Å². The summed E-state index contributed by atoms with van der Waals surface area (Å²) in [5.74, 6) is -0.408. The average Bonchev–Trinajstić information content (AvgIpc) is 3.50. The summed E-state index contributed by atoms with van der Waals surface area (Å²) in [6, 6.07) is 23.2. The summed E-state index contributed by atoms with van der Waals surface area (Å²) in [5, 5.41) is 0. The molecule has 0 radical (unpaired) electrons. The largest absolute Gasteiger partial charge is 0.458 e. The predicted octanol–water partition coefficient (Wildman–Crippen LogP) is 3.74. The Hall–Kier alpha value is -2.93. The van der Waals surface area contributed by atoms with Crippen LogP contribution in [0.4, 0.5) is 0 Å². The molecule has 1 aromatic heterocycles. The van der Waals surface area contributed by atoms with E-state index in [1.165, 1.54) is 0 Å². The predicted molar refractivity (Wildman–Crippen MR) is 122 cm³/mol. The van der Waals surface area contributed by atoms with Gasteiger partial charge in [-0.15, -0.1) is 0 Å². The van der Waals surface area contributed by atoms with Gasteiger partial charge in [-0.05, 0) is 31.2 Å². The van der Waals surface area contributed by atoms with Crippen LogP contribution < -0.4 is 0 Å². The minimum atomic E-state index is -1.39. The lowest BCUT2D eigenvalue weighted by Gasteiger charge is -2.32. The maximum absolute atomic E-state index is 13.7. The molecule has 6 heteroatoms. The van der Waals surface area contributed by atoms with Gasteiger partial charge in [0.1, 0.15) is 6.10 Å². The van der Waals surface area contributed by atoms with Crippen molar-refractivity contribution in [1.29, 1.82) is 0 Å². The van der Waals surface area contributed by atoms with Gasteiger partial charge >= 0.3 is 5.97 Å². The van der Waals surface area contributed by atoms with Gasteiger partial charge in [0, 0.05) is 24.8 Å². The molecule has 6 nitrogen and oxygen atoms in total. The number of benzene rings is 2. The standard InChI is InChI=1S/C26H30N2O4/c1-28-16-14-23(19-28)32-25(29)26(24-13-8-15-27-24,22-11-6-3-7-12-22)31-18-17-30-20-21-9-4-2-5-10-21/h2-13,15,23,27H,14,16-20H2,1H3. The second kappa shape index (κ2) is 10.6. The maximum atomic E-state index is 13.7. The van der Waals surface area contributed by atoms with E-state index in [0.717, 1.165) is 30.6 Å². The van der Waals surface area contributed by atoms with E-state index in [-0.39, 0.29) is 12.7 Å². The molecule has 0 bridgehead atoms. The van der Waals surface area contributed by atoms with Crippen molar-refractivity contribution >= 4 is 5.97 Å². The summed E-state index contributed by atoms with van der Waals surface area (Å²) in [6.07, 6.45) is 2.46. The van der Waals surface area contributed by atoms with Crippen LogP contribution in [-0.2, 0) is 31.2 Å². The monoisotopic (exact) mass is 434 g/mol. The highest BCUT2D eigenvalue weighted by Crippen LogP contribution is 2.35. The van der Waals surface area contributed by atoms with Gasteiger partial charge in [-0.2, -0.15) is 0 Å². The smallest absolute Gasteiger partial charge is 0.349 e. The first kappa shape index (κ1) is 22.3. The molecule has 168 valence electrons. The molecule has 1 N–H and O–H groups in total. The van der Waals surface area contributed by atoms with E-state index in [2.05, 4.69) is 9.88 Å². The third kappa shape index (κ3) is 5.10. The first-order valence-corrected chi connectivity index (χ1v) is 11.0. The van der Waals surface area contributed by atoms with Gasteiger partial charge in [0.05, 0.1) is 25.5 Å². The zero-order valence-corrected chi connectivity index (χ0v) is 18.4. The number of ether oxygens (including phenoxy) is 3. The van der Waals surface area contributed by atoms with E-state index < -0.39 is 11.6 Å². The second-order valence-electron chi connectivity index (χ2n) is 8.10. The molecule has 1 saturated heterocycles. The number of aromatic amines is 1. The molecule has 1 fully saturated rings. The number of aromatic nitrogens is 1. The zero-order chi connectivity index (χ0) is 22.2. The van der Waals surface area contributed by atoms with E-state index in [4.69, 9.17) is 14.2 Å². The van der Waals surface area contributed by atoms with Crippen molar-refractivity contribution < 1.29 is 19.0 Å². The van der Waals surface area contributed by atoms with Crippen molar-refractivity contribution in [2.75, 3.05) is 33.4 Å². The Balaban J connectivity index is 1.53. The summed E-state index contributed by atoms with van der Waals surface area (Å²) in [4.78, 5) is 19.0. The Morgan fingerprint density at radius 3 is 2.44 bits per heavy atom. The molecule has 0 saturated carbocycles. The lowest BCUT2D eigenvalue weighted by atomic mass is 9.90. The van der Waals surface area contributed by atoms with Crippen LogP contribution in [-0.4, -0.2) is 55.3 Å². The number of H-pyrrole nitrogens is 1. The van der Waals surface area contributed by atoms with Crippen LogP contribution in [0.1, 0.15) is 23.2 Å². The van der Waals surface area contributed by atoms with Crippen LogP contribution in [0, 0.1) is 0 Å². The van der Waals surface area contributed by atoms with Gasteiger partial charge in [-0.3, -0.25) is 0 Å². The number of esters is 1. The first-order valence-electron chi connectivity index (χ1n) is 11.0. The van der Waals surface area contributed by atoms with E-state index in [0.29, 0.717) is 18.9 Å². The van der Waals surface area contributed by atoms with Crippen LogP contribution in [0.15, 0.2) is 79.0 Å². The summed E-state index contributed by atoms with van der Waals surface area (Å²) >= 11 is 0. The van der Waals surface area contributed by atoms with Gasteiger partial charge in [0.2, 0.25) is 5.60 Å². The minimum Gasteiger partial charge on any atom is -0.458 e. The zero-order valence-electron chi connectivity index (χ0n) is 18.4. The summed E-state index contributed by atoms with van der Waals surface area (Å²) in [5.41, 5.74) is 1.07. The highest BCUT2D eigenvalue weighted by atomic mass is 16.6. The summed E-state index contributed by atoms with van der Waals surface area (Å²) in [6.45, 7) is 2.71. The second-order valence-corrected chi connectivity index (χ2v) is 8.10. The van der Waals surface area contributed by atoms with Crippen molar-refractivity contribution in [1.82, 2.24) is 9.88 Å². The molecule has 0 spiro atoms. The highest BCUT2D eigenvalue weighted by Gasteiger charge is 2.47. The van der Waals surface area contributed by atoms with Gasteiger partial charge in [-0.1, -0.05) is 60.7 Å². The summed E-state index contributed by atoms with van der Waals surface area (Å²) < 4.78 is 18.1. The van der Waals surface area contributed by atoms with Crippen LogP contribution in [0.5, 0.6) is 0 Å². The molecule has 3 aromatic rings. The molecule has 1 aliphatic rings. The number of rotatable bonds is 10. The molecule has 0 aliphatic carbocycles. The Labute approximate surface area is 189 Å². The Bertz CT molecular complexity index is 962. The topological polar surface area (TPSA) is 63.8 Å². The van der Waals surface area contributed by atoms with Gasteiger partial charge in [0.15, 0.2) is 0 Å². The van der Waals surface area contributed by atoms with Crippen LogP contribution in [0.25, 0.3) is 0 Å². The van der Waals surface area contributed by atoms with Crippen LogP contribution >= 0.6 is 0 Å². The third-order valence-electron chi connectivity index (χ3n) is 5.72. The molecule has 2 aromatic carbocycles. The fraction of sp³-hybridized carbons (Fsp3) is 0.346. The molecule has 4 rings (SSSR count). The van der Waals surface area contributed by atoms with Crippen molar-refractivity contribution in [2.24, 2.45) is 0 Å². The van der Waals surface area contributed by atoms with Crippen molar-refractivity contribution in [3.05, 3.63) is 95.8 Å². The molecule has 1 aliphatic heterocycles. The fourth-order valence-electron chi connectivity index (χ4n) is 4.07. The normalized spacial score (nSPS) is 18.3. The lowest BCUT2D eigenvalue weighted by Crippen LogP contribution is -2.44. The minimum absolute atomic E-state index is 0.150. The number of likely N-dealkylation sites (tertiary alicyclic amines) is 1. The molecule has 2 atom stereocenters. The number of carbonyl (C=O) groups is 1. The number of carbonyl (C=O) groups excluding carboxylic acids is 1. The quantitative estimate of drug-likeness (QED) is 0.389. The molecular formula is C26H30N2O4. The van der Waals surface area contributed by atoms with E-state index in [1.807, 2.05) is 79.8 Å². The van der Waals surface area contributed by atoms with Crippen molar-refractivity contribution in [3.63, 3.8) is 0 Å². The molecule has 2 unspecified atom stereocenters. The number of nitrogens with one attached hydrogen (secondary N) is 1. The number of nitrogens with zero attached hydrogens (tertiary/aromatic N) is 1.